The molecule has 2 saturated heterocycles. The summed E-state index contributed by atoms with van der Waals surface area (Å²) >= 11 is 0. The number of fused-ring (bicyclic) bond motifs is 1. The van der Waals surface area contributed by atoms with Gasteiger partial charge in [-0.05, 0) is 70.3 Å². The van der Waals surface area contributed by atoms with Crippen LogP contribution in [0, 0.1) is 0 Å². The van der Waals surface area contributed by atoms with Gasteiger partial charge in [0.15, 0.2) is 0 Å². The summed E-state index contributed by atoms with van der Waals surface area (Å²) in [4.78, 5) is 23.8. The van der Waals surface area contributed by atoms with E-state index in [0.29, 0.717) is 6.04 Å². The summed E-state index contributed by atoms with van der Waals surface area (Å²) in [6, 6.07) is 8.54. The molecular weight excluding hydrogens is 360 g/mol. The number of hydrogen-bond acceptors (Lipinski definition) is 4. The van der Waals surface area contributed by atoms with Crippen LogP contribution in [0.3, 0.4) is 0 Å². The van der Waals surface area contributed by atoms with E-state index in [1.807, 2.05) is 24.3 Å². The van der Waals surface area contributed by atoms with Crippen LogP contribution in [0.25, 0.3) is 10.9 Å². The lowest BCUT2D eigenvalue weighted by molar-refractivity contribution is 0.168. The summed E-state index contributed by atoms with van der Waals surface area (Å²) in [5.41, 5.74) is 1.05. The molecule has 2 aromatic rings. The molecule has 5 heteroatoms. The molecule has 1 aromatic heterocycles. The molecule has 3 fully saturated rings. The van der Waals surface area contributed by atoms with E-state index in [1.165, 1.54) is 51.6 Å². The van der Waals surface area contributed by atoms with Gasteiger partial charge < -0.3 is 4.90 Å². The van der Waals surface area contributed by atoms with Crippen molar-refractivity contribution >= 4 is 10.9 Å². The Bertz CT molecular complexity index is 895. The van der Waals surface area contributed by atoms with Crippen molar-refractivity contribution in [3.8, 4) is 0 Å². The Morgan fingerprint density at radius 3 is 2.48 bits per heavy atom. The number of piperidine rings is 1. The van der Waals surface area contributed by atoms with E-state index in [0.717, 1.165) is 55.6 Å². The summed E-state index contributed by atoms with van der Waals surface area (Å²) < 4.78 is 2.11. The van der Waals surface area contributed by atoms with Gasteiger partial charge in [-0.1, -0.05) is 31.4 Å². The number of rotatable bonds is 5. The first kappa shape index (κ1) is 19.3. The lowest BCUT2D eigenvalue weighted by atomic mass is 10.1. The van der Waals surface area contributed by atoms with Gasteiger partial charge in [0.1, 0.15) is 5.82 Å². The molecule has 1 atom stereocenters. The fraction of sp³-hybridized carbons (Fsp3) is 0.667. The molecule has 1 saturated carbocycles. The number of nitrogens with zero attached hydrogens (tertiary/aromatic N) is 4. The van der Waals surface area contributed by atoms with Gasteiger partial charge >= 0.3 is 0 Å². The van der Waals surface area contributed by atoms with E-state index in [4.69, 9.17) is 4.98 Å². The molecule has 0 spiro atoms. The predicted octanol–water partition coefficient (Wildman–Crippen LogP) is 4.13. The van der Waals surface area contributed by atoms with Crippen LogP contribution in [0.1, 0.15) is 75.7 Å². The second-order valence-electron chi connectivity index (χ2n) is 9.20. The van der Waals surface area contributed by atoms with Gasteiger partial charge in [0.05, 0.1) is 16.9 Å². The normalized spacial score (nSPS) is 24.6. The lowest BCUT2D eigenvalue weighted by Gasteiger charge is -2.32. The lowest BCUT2D eigenvalue weighted by Crippen LogP contribution is -2.39. The third-order valence-electron chi connectivity index (χ3n) is 7.34. The molecule has 0 bridgehead atoms. The second kappa shape index (κ2) is 8.57. The van der Waals surface area contributed by atoms with Gasteiger partial charge in [-0.15, -0.1) is 0 Å². The Hall–Kier alpha value is -1.72. The molecule has 1 aliphatic carbocycles. The predicted molar refractivity (Wildman–Crippen MR) is 117 cm³/mol. The first-order valence-electron chi connectivity index (χ1n) is 11.8. The van der Waals surface area contributed by atoms with Crippen molar-refractivity contribution in [3.63, 3.8) is 0 Å². The minimum Gasteiger partial charge on any atom is -0.302 e. The van der Waals surface area contributed by atoms with Crippen LogP contribution in [0.5, 0.6) is 0 Å². The van der Waals surface area contributed by atoms with E-state index in [9.17, 15) is 4.79 Å². The summed E-state index contributed by atoms with van der Waals surface area (Å²) in [6.07, 6.45) is 11.1. The molecule has 1 aromatic carbocycles. The van der Waals surface area contributed by atoms with Gasteiger partial charge in [-0.25, -0.2) is 4.98 Å². The van der Waals surface area contributed by atoms with Crippen molar-refractivity contribution in [1.82, 2.24) is 19.4 Å². The Morgan fingerprint density at radius 2 is 1.66 bits per heavy atom. The standard InChI is InChI=1S/C24H34N4O/c29-24-20-11-4-5-12-21(20)25-23(28(24)19-9-2-3-10-19)22-13-8-16-27(22)18-17-26-14-6-1-7-15-26/h4-5,11-12,19,22H,1-3,6-10,13-18H2. The fourth-order valence-electron chi connectivity index (χ4n) is 5.75. The maximum atomic E-state index is 13.5. The molecular formula is C24H34N4O. The van der Waals surface area contributed by atoms with E-state index in [1.54, 1.807) is 0 Å². The zero-order valence-electron chi connectivity index (χ0n) is 17.6. The first-order chi connectivity index (χ1) is 14.3. The first-order valence-corrected chi connectivity index (χ1v) is 11.8. The van der Waals surface area contributed by atoms with Crippen molar-refractivity contribution in [1.29, 1.82) is 0 Å². The smallest absolute Gasteiger partial charge is 0.261 e. The molecule has 3 aliphatic rings. The summed E-state index contributed by atoms with van der Waals surface area (Å²) in [5.74, 6) is 1.04. The minimum atomic E-state index is 0.181. The number of likely N-dealkylation sites (tertiary alicyclic amines) is 2. The molecule has 29 heavy (non-hydrogen) atoms. The van der Waals surface area contributed by atoms with Crippen LogP contribution in [0.2, 0.25) is 0 Å². The average Bonchev–Trinajstić information content (AvgIpc) is 3.45. The maximum absolute atomic E-state index is 13.5. The second-order valence-corrected chi connectivity index (χ2v) is 9.20. The molecule has 156 valence electrons. The Kier molecular flexibility index (Phi) is 5.69. The van der Waals surface area contributed by atoms with Crippen LogP contribution < -0.4 is 5.56 Å². The summed E-state index contributed by atoms with van der Waals surface area (Å²) in [6.45, 7) is 5.88. The highest BCUT2D eigenvalue weighted by Gasteiger charge is 2.33. The average molecular weight is 395 g/mol. The van der Waals surface area contributed by atoms with Crippen molar-refractivity contribution in [2.45, 2.75) is 69.9 Å². The van der Waals surface area contributed by atoms with Gasteiger partial charge in [0.2, 0.25) is 0 Å². The number of hydrogen-bond donors (Lipinski definition) is 0. The highest BCUT2D eigenvalue weighted by Crippen LogP contribution is 2.36. The largest absolute Gasteiger partial charge is 0.302 e. The Labute approximate surface area is 173 Å². The highest BCUT2D eigenvalue weighted by atomic mass is 16.1. The molecule has 1 unspecified atom stereocenters. The molecule has 5 rings (SSSR count). The van der Waals surface area contributed by atoms with E-state index in [-0.39, 0.29) is 11.6 Å². The van der Waals surface area contributed by atoms with Gasteiger partial charge in [0.25, 0.3) is 5.56 Å². The molecule has 0 amide bonds. The topological polar surface area (TPSA) is 41.4 Å². The van der Waals surface area contributed by atoms with E-state index < -0.39 is 0 Å². The van der Waals surface area contributed by atoms with Crippen molar-refractivity contribution < 1.29 is 0 Å². The molecule has 3 heterocycles. The van der Waals surface area contributed by atoms with Crippen LogP contribution in [0.15, 0.2) is 29.1 Å². The third-order valence-corrected chi connectivity index (χ3v) is 7.34. The van der Waals surface area contributed by atoms with Crippen LogP contribution in [0.4, 0.5) is 0 Å². The van der Waals surface area contributed by atoms with E-state index >= 15 is 0 Å². The van der Waals surface area contributed by atoms with E-state index in [2.05, 4.69) is 14.4 Å². The quantitative estimate of drug-likeness (QED) is 0.764. The molecule has 5 nitrogen and oxygen atoms in total. The van der Waals surface area contributed by atoms with Crippen molar-refractivity contribution in [2.75, 3.05) is 32.7 Å². The van der Waals surface area contributed by atoms with Crippen LogP contribution in [-0.2, 0) is 0 Å². The molecule has 0 radical (unpaired) electrons. The van der Waals surface area contributed by atoms with Gasteiger partial charge in [-0.2, -0.15) is 0 Å². The highest BCUT2D eigenvalue weighted by molar-refractivity contribution is 5.77. The Morgan fingerprint density at radius 1 is 0.862 bits per heavy atom. The minimum absolute atomic E-state index is 0.181. The number of aromatic nitrogens is 2. The number of benzene rings is 1. The third kappa shape index (κ3) is 3.87. The molecule has 0 N–H and O–H groups in total. The Balaban J connectivity index is 1.47. The monoisotopic (exact) mass is 394 g/mol. The summed E-state index contributed by atoms with van der Waals surface area (Å²) in [7, 11) is 0. The summed E-state index contributed by atoms with van der Waals surface area (Å²) in [5, 5.41) is 0.779. The number of para-hydroxylation sites is 1. The van der Waals surface area contributed by atoms with Crippen molar-refractivity contribution in [3.05, 3.63) is 40.4 Å². The zero-order valence-corrected chi connectivity index (χ0v) is 17.6. The van der Waals surface area contributed by atoms with Crippen LogP contribution >= 0.6 is 0 Å². The van der Waals surface area contributed by atoms with Crippen molar-refractivity contribution in [2.24, 2.45) is 0 Å². The van der Waals surface area contributed by atoms with Crippen LogP contribution in [-0.4, -0.2) is 52.1 Å². The van der Waals surface area contributed by atoms with Gasteiger partial charge in [-0.3, -0.25) is 14.3 Å². The van der Waals surface area contributed by atoms with Gasteiger partial charge in [0, 0.05) is 19.1 Å². The molecule has 2 aliphatic heterocycles. The maximum Gasteiger partial charge on any atom is 0.261 e. The zero-order chi connectivity index (χ0) is 19.6. The SMILES string of the molecule is O=c1c2ccccc2nc(C2CCCN2CCN2CCCCC2)n1C1CCCC1. The fourth-order valence-corrected chi connectivity index (χ4v) is 5.75.